The summed E-state index contributed by atoms with van der Waals surface area (Å²) < 4.78 is 12.6. The summed E-state index contributed by atoms with van der Waals surface area (Å²) in [6.07, 6.45) is 0.306. The lowest BCUT2D eigenvalue weighted by atomic mass is 9.85. The summed E-state index contributed by atoms with van der Waals surface area (Å²) >= 11 is 0. The van der Waals surface area contributed by atoms with Gasteiger partial charge in [0.1, 0.15) is 6.10 Å². The van der Waals surface area contributed by atoms with Gasteiger partial charge in [0.2, 0.25) is 0 Å². The third-order valence-electron chi connectivity index (χ3n) is 6.92. The Balaban J connectivity index is 1.89. The Kier molecular flexibility index (Phi) is 6.37. The van der Waals surface area contributed by atoms with Crippen molar-refractivity contribution < 1.29 is 18.9 Å². The maximum Gasteiger partial charge on any atom is 0.338 e. The zero-order chi connectivity index (χ0) is 23.9. The van der Waals surface area contributed by atoms with Gasteiger partial charge < -0.3 is 9.16 Å². The number of rotatable bonds is 6. The molecule has 6 nitrogen and oxygen atoms in total. The van der Waals surface area contributed by atoms with Crippen molar-refractivity contribution in [1.29, 1.82) is 0 Å². The molecule has 32 heavy (non-hydrogen) atoms. The SMILES string of the molecule is Cc1ccc2c(c1)[C@H](OC(=O)c1ccc([N+](=O)[O-])cc1)[C@@](C)(CO[Si](C)(C)C(C)(C)C)C2. The quantitative estimate of drug-likeness (QED) is 0.218. The fourth-order valence-electron chi connectivity index (χ4n) is 3.81. The smallest absolute Gasteiger partial charge is 0.338 e. The Hall–Kier alpha value is -2.51. The summed E-state index contributed by atoms with van der Waals surface area (Å²) in [5, 5.41) is 11.0. The standard InChI is InChI=1S/C25H33NO5Si/c1-17-8-9-19-15-25(5,16-30-32(6,7)24(2,3)4)22(21(19)14-17)31-23(27)18-10-12-20(13-11-18)26(28)29/h8-14,22H,15-16H2,1-7H3/t22-,25+/m0/s1. The van der Waals surface area contributed by atoms with Crippen LogP contribution in [0.3, 0.4) is 0 Å². The van der Waals surface area contributed by atoms with Gasteiger partial charge in [0.05, 0.1) is 10.5 Å². The predicted molar refractivity (Wildman–Crippen MR) is 127 cm³/mol. The number of nitrogens with zero attached hydrogens (tertiary/aromatic N) is 1. The number of esters is 1. The van der Waals surface area contributed by atoms with Crippen LogP contribution in [0.15, 0.2) is 42.5 Å². The van der Waals surface area contributed by atoms with Gasteiger partial charge >= 0.3 is 5.97 Å². The van der Waals surface area contributed by atoms with E-state index in [0.717, 1.165) is 17.5 Å². The average molecular weight is 456 g/mol. The first kappa shape index (κ1) is 24.1. The van der Waals surface area contributed by atoms with Crippen molar-refractivity contribution in [3.05, 3.63) is 74.8 Å². The zero-order valence-corrected chi connectivity index (χ0v) is 21.0. The minimum Gasteiger partial charge on any atom is -0.453 e. The fraction of sp³-hybridized carbons (Fsp3) is 0.480. The van der Waals surface area contributed by atoms with Crippen LogP contribution >= 0.6 is 0 Å². The normalized spacial score (nSPS) is 20.7. The molecule has 0 amide bonds. The van der Waals surface area contributed by atoms with Crippen LogP contribution in [-0.4, -0.2) is 25.8 Å². The number of hydrogen-bond acceptors (Lipinski definition) is 5. The van der Waals surface area contributed by atoms with Crippen molar-refractivity contribution >= 4 is 20.0 Å². The number of ether oxygens (including phenoxy) is 1. The first-order valence-electron chi connectivity index (χ1n) is 10.9. The van der Waals surface area contributed by atoms with Gasteiger partial charge in [0, 0.05) is 24.2 Å². The van der Waals surface area contributed by atoms with E-state index >= 15 is 0 Å². The molecular weight excluding hydrogens is 422 g/mol. The molecule has 2 aromatic carbocycles. The van der Waals surface area contributed by atoms with E-state index in [1.165, 1.54) is 29.8 Å². The van der Waals surface area contributed by atoms with E-state index in [1.807, 2.05) is 6.92 Å². The summed E-state index contributed by atoms with van der Waals surface area (Å²) in [4.78, 5) is 23.4. The number of hydrogen-bond donors (Lipinski definition) is 0. The van der Waals surface area contributed by atoms with E-state index in [0.29, 0.717) is 12.2 Å². The largest absolute Gasteiger partial charge is 0.453 e. The summed E-state index contributed by atoms with van der Waals surface area (Å²) in [5.74, 6) is -0.488. The summed E-state index contributed by atoms with van der Waals surface area (Å²) in [7, 11) is -1.99. The minimum atomic E-state index is -1.99. The molecule has 7 heteroatoms. The van der Waals surface area contributed by atoms with Crippen LogP contribution in [0.5, 0.6) is 0 Å². The maximum absolute atomic E-state index is 13.0. The van der Waals surface area contributed by atoms with Crippen molar-refractivity contribution in [2.75, 3.05) is 6.61 Å². The number of nitro benzene ring substituents is 1. The minimum absolute atomic E-state index is 0.0593. The Labute approximate surface area is 191 Å². The fourth-order valence-corrected chi connectivity index (χ4v) is 4.93. The Morgan fingerprint density at radius 1 is 1.19 bits per heavy atom. The average Bonchev–Trinajstić information content (AvgIpc) is 2.97. The van der Waals surface area contributed by atoms with Gasteiger partial charge in [-0.3, -0.25) is 10.1 Å². The predicted octanol–water partition coefficient (Wildman–Crippen LogP) is 6.39. The second-order valence-electron chi connectivity index (χ2n) is 10.7. The van der Waals surface area contributed by atoms with Gasteiger partial charge in [-0.25, -0.2) is 4.79 Å². The van der Waals surface area contributed by atoms with Gasteiger partial charge in [-0.15, -0.1) is 0 Å². The highest BCUT2D eigenvalue weighted by Crippen LogP contribution is 2.50. The lowest BCUT2D eigenvalue weighted by Crippen LogP contribution is -2.44. The van der Waals surface area contributed by atoms with E-state index in [1.54, 1.807) is 0 Å². The molecular formula is C25H33NO5Si. The molecule has 0 aromatic heterocycles. The molecule has 172 valence electrons. The van der Waals surface area contributed by atoms with Crippen molar-refractivity contribution in [3.8, 4) is 0 Å². The summed E-state index contributed by atoms with van der Waals surface area (Å²) in [6, 6.07) is 11.8. The Bertz CT molecular complexity index is 1030. The maximum atomic E-state index is 13.0. The van der Waals surface area contributed by atoms with Crippen LogP contribution in [0, 0.1) is 22.5 Å². The number of carbonyl (C=O) groups excluding carboxylic acids is 1. The van der Waals surface area contributed by atoms with Crippen molar-refractivity contribution in [2.24, 2.45) is 5.41 Å². The number of benzene rings is 2. The first-order chi connectivity index (χ1) is 14.7. The summed E-state index contributed by atoms with van der Waals surface area (Å²) in [5.41, 5.74) is 3.12. The molecule has 1 aliphatic carbocycles. The second kappa shape index (κ2) is 8.44. The van der Waals surface area contributed by atoms with Gasteiger partial charge in [-0.1, -0.05) is 51.5 Å². The number of aryl methyl sites for hydroxylation is 1. The summed E-state index contributed by atoms with van der Waals surface area (Å²) in [6.45, 7) is 15.7. The zero-order valence-electron chi connectivity index (χ0n) is 20.0. The molecule has 2 atom stereocenters. The highest BCUT2D eigenvalue weighted by atomic mass is 28.4. The molecule has 0 radical (unpaired) electrons. The van der Waals surface area contributed by atoms with Crippen LogP contribution in [0.1, 0.15) is 60.8 Å². The number of carbonyl (C=O) groups is 1. The molecule has 0 N–H and O–H groups in total. The van der Waals surface area contributed by atoms with Gasteiger partial charge in [0.25, 0.3) is 5.69 Å². The number of fused-ring (bicyclic) bond motifs is 1. The molecule has 2 aromatic rings. The van der Waals surface area contributed by atoms with Crippen LogP contribution in [0.2, 0.25) is 18.1 Å². The van der Waals surface area contributed by atoms with Crippen molar-refractivity contribution in [2.45, 2.75) is 65.3 Å². The van der Waals surface area contributed by atoms with Gasteiger partial charge in [0.15, 0.2) is 8.32 Å². The van der Waals surface area contributed by atoms with Gasteiger partial charge in [-0.05, 0) is 54.7 Å². The van der Waals surface area contributed by atoms with Crippen LogP contribution in [0.25, 0.3) is 0 Å². The van der Waals surface area contributed by atoms with Crippen LogP contribution in [-0.2, 0) is 15.6 Å². The molecule has 0 aliphatic heterocycles. The molecule has 3 rings (SSSR count). The van der Waals surface area contributed by atoms with E-state index in [9.17, 15) is 14.9 Å². The Morgan fingerprint density at radius 3 is 2.38 bits per heavy atom. The molecule has 0 heterocycles. The monoisotopic (exact) mass is 455 g/mol. The molecule has 0 unspecified atom stereocenters. The van der Waals surface area contributed by atoms with E-state index in [-0.39, 0.29) is 10.7 Å². The molecule has 0 bridgehead atoms. The van der Waals surface area contributed by atoms with Gasteiger partial charge in [-0.2, -0.15) is 0 Å². The molecule has 0 saturated carbocycles. The molecule has 1 aliphatic rings. The van der Waals surface area contributed by atoms with E-state index in [2.05, 4.69) is 59.0 Å². The first-order valence-corrected chi connectivity index (χ1v) is 13.8. The third kappa shape index (κ3) is 4.78. The highest BCUT2D eigenvalue weighted by Gasteiger charge is 2.48. The number of nitro groups is 1. The van der Waals surface area contributed by atoms with Crippen LogP contribution < -0.4 is 0 Å². The Morgan fingerprint density at radius 2 is 1.81 bits per heavy atom. The van der Waals surface area contributed by atoms with E-state index in [4.69, 9.17) is 9.16 Å². The number of non-ortho nitro benzene ring substituents is 1. The van der Waals surface area contributed by atoms with Crippen molar-refractivity contribution in [1.82, 2.24) is 0 Å². The lowest BCUT2D eigenvalue weighted by molar-refractivity contribution is -0.384. The van der Waals surface area contributed by atoms with Crippen molar-refractivity contribution in [3.63, 3.8) is 0 Å². The second-order valence-corrected chi connectivity index (χ2v) is 15.5. The highest BCUT2D eigenvalue weighted by molar-refractivity contribution is 6.74. The van der Waals surface area contributed by atoms with Crippen LogP contribution in [0.4, 0.5) is 5.69 Å². The molecule has 0 fully saturated rings. The van der Waals surface area contributed by atoms with E-state index < -0.39 is 30.7 Å². The topological polar surface area (TPSA) is 78.7 Å². The molecule has 0 spiro atoms. The third-order valence-corrected chi connectivity index (χ3v) is 11.4. The lowest BCUT2D eigenvalue weighted by Gasteiger charge is -2.40. The molecule has 0 saturated heterocycles.